The number of benzene rings is 1. The first-order valence-corrected chi connectivity index (χ1v) is 8.78. The molecule has 0 amide bonds. The Labute approximate surface area is 150 Å². The lowest BCUT2D eigenvalue weighted by Gasteiger charge is -2.20. The van der Waals surface area contributed by atoms with Crippen molar-refractivity contribution in [2.75, 3.05) is 13.7 Å². The number of nitrogens with zero attached hydrogens (tertiary/aromatic N) is 3. The quantitative estimate of drug-likeness (QED) is 0.528. The first-order chi connectivity index (χ1) is 11.5. The first-order valence-electron chi connectivity index (χ1n) is 7.55. The van der Waals surface area contributed by atoms with Gasteiger partial charge in [-0.15, -0.1) is 5.10 Å². The highest BCUT2D eigenvalue weighted by Gasteiger charge is 2.15. The lowest BCUT2D eigenvalue weighted by molar-refractivity contribution is -0.142. The highest BCUT2D eigenvalue weighted by molar-refractivity contribution is 7.73. The number of methoxy groups -OCH3 is 1. The van der Waals surface area contributed by atoms with Gasteiger partial charge in [-0.3, -0.25) is 9.69 Å². The van der Waals surface area contributed by atoms with Crippen molar-refractivity contribution < 1.29 is 14.3 Å². The highest BCUT2D eigenvalue weighted by Crippen LogP contribution is 2.19. The second kappa shape index (κ2) is 8.91. The Morgan fingerprint density at radius 1 is 1.38 bits per heavy atom. The maximum absolute atomic E-state index is 11.7. The summed E-state index contributed by atoms with van der Waals surface area (Å²) >= 11 is 6.66. The Bertz CT molecular complexity index is 713. The summed E-state index contributed by atoms with van der Waals surface area (Å²) in [6, 6.07) is 9.92. The summed E-state index contributed by atoms with van der Waals surface area (Å²) < 4.78 is 12.6. The second-order valence-corrected chi connectivity index (χ2v) is 7.08. The fourth-order valence-electron chi connectivity index (χ4n) is 2.06. The van der Waals surface area contributed by atoms with Crippen LogP contribution in [0.5, 0.6) is 5.19 Å². The summed E-state index contributed by atoms with van der Waals surface area (Å²) in [6.07, 6.45) is 0.0366. The minimum Gasteiger partial charge on any atom is -0.468 e. The molecule has 6 nitrogen and oxygen atoms in total. The highest BCUT2D eigenvalue weighted by atomic mass is 32.1. The number of esters is 1. The van der Waals surface area contributed by atoms with Crippen LogP contribution in [0.4, 0.5) is 0 Å². The molecule has 2 rings (SSSR count). The van der Waals surface area contributed by atoms with E-state index in [2.05, 4.69) is 5.10 Å². The van der Waals surface area contributed by atoms with Crippen molar-refractivity contribution in [1.82, 2.24) is 14.7 Å². The van der Waals surface area contributed by atoms with E-state index in [-0.39, 0.29) is 18.6 Å². The molecular weight excluding hydrogens is 346 g/mol. The summed E-state index contributed by atoms with van der Waals surface area (Å²) in [6.45, 7) is 5.02. The van der Waals surface area contributed by atoms with Crippen molar-refractivity contribution in [2.45, 2.75) is 33.2 Å². The zero-order valence-corrected chi connectivity index (χ0v) is 15.6. The van der Waals surface area contributed by atoms with E-state index in [1.54, 1.807) is 4.68 Å². The van der Waals surface area contributed by atoms with Crippen LogP contribution in [0.1, 0.15) is 19.4 Å². The lowest BCUT2D eigenvalue weighted by atomic mass is 10.2. The topological polar surface area (TPSA) is 56.6 Å². The van der Waals surface area contributed by atoms with Crippen LogP contribution in [0.3, 0.4) is 0 Å². The van der Waals surface area contributed by atoms with Crippen molar-refractivity contribution in [2.24, 2.45) is 0 Å². The van der Waals surface area contributed by atoms with Gasteiger partial charge in [0.25, 0.3) is 5.19 Å². The molecule has 0 atom stereocenters. The van der Waals surface area contributed by atoms with Crippen molar-refractivity contribution in [3.8, 4) is 5.19 Å². The molecule has 0 aliphatic rings. The van der Waals surface area contributed by atoms with E-state index in [0.29, 0.717) is 22.4 Å². The Kier molecular flexibility index (Phi) is 6.89. The predicted octanol–water partition coefficient (Wildman–Crippen LogP) is 3.09. The Morgan fingerprint density at radius 3 is 2.71 bits per heavy atom. The maximum Gasteiger partial charge on any atom is 0.319 e. The van der Waals surface area contributed by atoms with E-state index in [4.69, 9.17) is 21.7 Å². The lowest BCUT2D eigenvalue weighted by Crippen LogP contribution is -2.32. The molecule has 24 heavy (non-hydrogen) atoms. The molecule has 8 heteroatoms. The normalized spacial score (nSPS) is 11.0. The zero-order valence-electron chi connectivity index (χ0n) is 14.0. The van der Waals surface area contributed by atoms with Gasteiger partial charge >= 0.3 is 5.97 Å². The van der Waals surface area contributed by atoms with E-state index in [1.807, 2.05) is 49.1 Å². The van der Waals surface area contributed by atoms with E-state index in [0.717, 1.165) is 5.56 Å². The van der Waals surface area contributed by atoms with E-state index in [9.17, 15) is 4.79 Å². The van der Waals surface area contributed by atoms with Gasteiger partial charge in [0, 0.05) is 6.54 Å². The minimum absolute atomic E-state index is 0.0366. The van der Waals surface area contributed by atoms with Crippen LogP contribution in [0.15, 0.2) is 30.3 Å². The molecule has 0 saturated carbocycles. The van der Waals surface area contributed by atoms with Gasteiger partial charge in [-0.2, -0.15) is 0 Å². The van der Waals surface area contributed by atoms with Gasteiger partial charge in [-0.1, -0.05) is 30.3 Å². The molecule has 0 N–H and O–H groups in total. The fourth-order valence-corrected chi connectivity index (χ4v) is 3.11. The van der Waals surface area contributed by atoms with Crippen molar-refractivity contribution in [1.29, 1.82) is 0 Å². The SMILES string of the molecule is COC(=O)CN(Cc1ccccc1)Cn1nc(OC(C)C)sc1=S. The van der Waals surface area contributed by atoms with Gasteiger partial charge < -0.3 is 9.47 Å². The first kappa shape index (κ1) is 18.6. The third-order valence-electron chi connectivity index (χ3n) is 3.09. The van der Waals surface area contributed by atoms with Gasteiger partial charge in [0.05, 0.1) is 26.4 Å². The number of hydrogen-bond donors (Lipinski definition) is 0. The Balaban J connectivity index is 2.14. The van der Waals surface area contributed by atoms with Crippen molar-refractivity contribution >= 4 is 29.5 Å². The molecule has 0 radical (unpaired) electrons. The zero-order chi connectivity index (χ0) is 17.5. The molecule has 1 aromatic carbocycles. The molecule has 0 aliphatic carbocycles. The van der Waals surface area contributed by atoms with Crippen LogP contribution in [-0.4, -0.2) is 40.4 Å². The third kappa shape index (κ3) is 5.70. The summed E-state index contributed by atoms with van der Waals surface area (Å²) in [5.41, 5.74) is 1.10. The molecule has 2 aromatic rings. The van der Waals surface area contributed by atoms with Crippen LogP contribution in [0, 0.1) is 3.95 Å². The average molecular weight is 367 g/mol. The van der Waals surface area contributed by atoms with E-state index in [1.165, 1.54) is 18.4 Å². The molecular formula is C16H21N3O3S2. The molecule has 1 heterocycles. The van der Waals surface area contributed by atoms with Gasteiger partial charge in [-0.25, -0.2) is 4.68 Å². The summed E-state index contributed by atoms with van der Waals surface area (Å²) in [7, 11) is 1.38. The van der Waals surface area contributed by atoms with Gasteiger partial charge in [0.15, 0.2) is 3.95 Å². The standard InChI is InChI=1S/C16H21N3O3S2/c1-12(2)22-15-17-19(16(23)24-15)11-18(10-14(20)21-3)9-13-7-5-4-6-8-13/h4-8,12H,9-11H2,1-3H3. The van der Waals surface area contributed by atoms with Gasteiger partial charge in [0.2, 0.25) is 0 Å². The monoisotopic (exact) mass is 367 g/mol. The number of carbonyl (C=O) groups excluding carboxylic acids is 1. The van der Waals surface area contributed by atoms with Gasteiger partial charge in [0.1, 0.15) is 0 Å². The molecule has 0 fully saturated rings. The number of rotatable bonds is 8. The molecule has 130 valence electrons. The number of aromatic nitrogens is 2. The Hall–Kier alpha value is -1.77. The second-order valence-electron chi connectivity index (χ2n) is 5.49. The summed E-state index contributed by atoms with van der Waals surface area (Å²) in [5.74, 6) is -0.300. The average Bonchev–Trinajstić information content (AvgIpc) is 2.86. The van der Waals surface area contributed by atoms with Crippen LogP contribution < -0.4 is 4.74 Å². The van der Waals surface area contributed by atoms with Gasteiger partial charge in [-0.05, 0) is 43.0 Å². The molecule has 0 spiro atoms. The number of carbonyl (C=O) groups is 1. The minimum atomic E-state index is -0.300. The molecule has 0 bridgehead atoms. The molecule has 0 aliphatic heterocycles. The summed E-state index contributed by atoms with van der Waals surface area (Å²) in [5, 5.41) is 4.91. The smallest absolute Gasteiger partial charge is 0.319 e. The third-order valence-corrected chi connectivity index (χ3v) is 4.29. The predicted molar refractivity (Wildman–Crippen MR) is 95.6 cm³/mol. The molecule has 1 aromatic heterocycles. The van der Waals surface area contributed by atoms with E-state index < -0.39 is 0 Å². The largest absolute Gasteiger partial charge is 0.468 e. The van der Waals surface area contributed by atoms with Crippen LogP contribution in [0.2, 0.25) is 0 Å². The van der Waals surface area contributed by atoms with Crippen molar-refractivity contribution in [3.05, 3.63) is 39.8 Å². The number of ether oxygens (including phenoxy) is 2. The molecule has 0 saturated heterocycles. The van der Waals surface area contributed by atoms with Crippen molar-refractivity contribution in [3.63, 3.8) is 0 Å². The summed E-state index contributed by atoms with van der Waals surface area (Å²) in [4.78, 5) is 13.6. The molecule has 0 unspecified atom stereocenters. The maximum atomic E-state index is 11.7. The van der Waals surface area contributed by atoms with E-state index >= 15 is 0 Å². The van der Waals surface area contributed by atoms with Crippen LogP contribution in [-0.2, 0) is 22.7 Å². The van der Waals surface area contributed by atoms with Crippen LogP contribution in [0.25, 0.3) is 0 Å². The number of hydrogen-bond acceptors (Lipinski definition) is 7. The fraction of sp³-hybridized carbons (Fsp3) is 0.438. The van der Waals surface area contributed by atoms with Crippen LogP contribution >= 0.6 is 23.6 Å². The Morgan fingerprint density at radius 2 is 2.08 bits per heavy atom.